The molecule has 0 spiro atoms. The van der Waals surface area contributed by atoms with Crippen LogP contribution in [0.4, 0.5) is 4.79 Å². The van der Waals surface area contributed by atoms with E-state index in [-0.39, 0.29) is 6.09 Å². The molecule has 0 aliphatic carbocycles. The van der Waals surface area contributed by atoms with E-state index < -0.39 is 11.2 Å². The lowest BCUT2D eigenvalue weighted by Crippen LogP contribution is -2.45. The third-order valence-electron chi connectivity index (χ3n) is 4.24. The predicted molar refractivity (Wildman–Crippen MR) is 83.8 cm³/mol. The maximum absolute atomic E-state index is 12.0. The normalized spacial score (nSPS) is 27.2. The maximum atomic E-state index is 12.0. The van der Waals surface area contributed by atoms with Crippen LogP contribution in [0.2, 0.25) is 0 Å². The minimum Gasteiger partial charge on any atom is -0.444 e. The number of amides is 1. The number of piperidine rings is 1. The van der Waals surface area contributed by atoms with Gasteiger partial charge in [0, 0.05) is 32.7 Å². The van der Waals surface area contributed by atoms with E-state index in [1.54, 1.807) is 4.90 Å². The Morgan fingerprint density at radius 1 is 1.41 bits per heavy atom. The molecule has 2 fully saturated rings. The molecule has 2 aliphatic rings. The zero-order chi connectivity index (χ0) is 16.2. The highest BCUT2D eigenvalue weighted by Gasteiger charge is 2.32. The molecule has 1 unspecified atom stereocenters. The number of carbonyl (C=O) groups is 1. The van der Waals surface area contributed by atoms with Crippen LogP contribution >= 0.6 is 0 Å². The first-order valence-corrected chi connectivity index (χ1v) is 8.26. The van der Waals surface area contributed by atoms with Gasteiger partial charge >= 0.3 is 6.09 Å². The first kappa shape index (κ1) is 17.5. The van der Waals surface area contributed by atoms with Crippen LogP contribution in [0.15, 0.2) is 0 Å². The summed E-state index contributed by atoms with van der Waals surface area (Å²) in [5, 5.41) is 13.5. The van der Waals surface area contributed by atoms with Crippen LogP contribution in [0.3, 0.4) is 0 Å². The third kappa shape index (κ3) is 5.41. The molecule has 2 heterocycles. The van der Waals surface area contributed by atoms with E-state index in [1.807, 2.05) is 20.8 Å². The average Bonchev–Trinajstić information content (AvgIpc) is 2.84. The summed E-state index contributed by atoms with van der Waals surface area (Å²) in [6.07, 6.45) is 2.44. The van der Waals surface area contributed by atoms with Crippen molar-refractivity contribution in [3.05, 3.63) is 0 Å². The Morgan fingerprint density at radius 2 is 2.09 bits per heavy atom. The number of likely N-dealkylation sites (tertiary alicyclic amines) is 1. The van der Waals surface area contributed by atoms with Crippen molar-refractivity contribution >= 4 is 6.09 Å². The van der Waals surface area contributed by atoms with Gasteiger partial charge in [0.25, 0.3) is 0 Å². The smallest absolute Gasteiger partial charge is 0.410 e. The van der Waals surface area contributed by atoms with Gasteiger partial charge in [-0.05, 0) is 46.1 Å². The molecule has 0 aromatic heterocycles. The molecule has 22 heavy (non-hydrogen) atoms. The van der Waals surface area contributed by atoms with Gasteiger partial charge in [-0.15, -0.1) is 0 Å². The average molecular weight is 314 g/mol. The van der Waals surface area contributed by atoms with E-state index in [9.17, 15) is 9.90 Å². The fraction of sp³-hybridized carbons (Fsp3) is 0.938. The van der Waals surface area contributed by atoms with E-state index >= 15 is 0 Å². The van der Waals surface area contributed by atoms with E-state index in [1.165, 1.54) is 0 Å². The van der Waals surface area contributed by atoms with Crippen LogP contribution in [-0.2, 0) is 9.47 Å². The second kappa shape index (κ2) is 7.15. The maximum Gasteiger partial charge on any atom is 0.410 e. The molecular formula is C16H30N2O4. The molecule has 0 aromatic rings. The summed E-state index contributed by atoms with van der Waals surface area (Å²) in [5.74, 6) is 0.546. The Hall–Kier alpha value is -0.850. The Kier molecular flexibility index (Phi) is 5.69. The molecule has 2 aliphatic heterocycles. The van der Waals surface area contributed by atoms with Crippen molar-refractivity contribution in [3.63, 3.8) is 0 Å². The summed E-state index contributed by atoms with van der Waals surface area (Å²) < 4.78 is 10.6. The van der Waals surface area contributed by atoms with Crippen LogP contribution in [0.25, 0.3) is 0 Å². The van der Waals surface area contributed by atoms with Crippen molar-refractivity contribution in [2.45, 2.75) is 51.2 Å². The van der Waals surface area contributed by atoms with Gasteiger partial charge in [0.1, 0.15) is 11.2 Å². The van der Waals surface area contributed by atoms with Crippen molar-refractivity contribution in [2.75, 3.05) is 39.4 Å². The number of hydrogen-bond donors (Lipinski definition) is 2. The molecule has 6 nitrogen and oxygen atoms in total. The summed E-state index contributed by atoms with van der Waals surface area (Å²) in [6.45, 7) is 9.69. The van der Waals surface area contributed by atoms with Gasteiger partial charge < -0.3 is 24.8 Å². The highest BCUT2D eigenvalue weighted by atomic mass is 16.6. The van der Waals surface area contributed by atoms with E-state index in [4.69, 9.17) is 9.47 Å². The Labute approximate surface area is 133 Å². The summed E-state index contributed by atoms with van der Waals surface area (Å²) >= 11 is 0. The molecule has 6 heteroatoms. The van der Waals surface area contributed by atoms with E-state index in [0.717, 1.165) is 32.5 Å². The van der Waals surface area contributed by atoms with Gasteiger partial charge in [0.05, 0.1) is 6.61 Å². The quantitative estimate of drug-likeness (QED) is 0.820. The van der Waals surface area contributed by atoms with Gasteiger partial charge in [-0.1, -0.05) is 0 Å². The summed E-state index contributed by atoms with van der Waals surface area (Å²) in [4.78, 5) is 13.8. The Morgan fingerprint density at radius 3 is 2.64 bits per heavy atom. The van der Waals surface area contributed by atoms with Crippen molar-refractivity contribution in [2.24, 2.45) is 5.92 Å². The molecule has 2 rings (SSSR count). The molecule has 0 saturated carbocycles. The monoisotopic (exact) mass is 314 g/mol. The standard InChI is InChI=1S/C16H30N2O4/c1-15(2,3)22-14(19)18-7-4-13(5-8-18)10-17-11-16(20)6-9-21-12-16/h13,17,20H,4-12H2,1-3H3. The van der Waals surface area contributed by atoms with Gasteiger partial charge in [-0.2, -0.15) is 0 Å². The number of rotatable bonds is 4. The molecule has 1 amide bonds. The molecule has 1 atom stereocenters. The number of carbonyl (C=O) groups excluding carboxylic acids is 1. The lowest BCUT2D eigenvalue weighted by molar-refractivity contribution is 0.0167. The molecule has 2 N–H and O–H groups in total. The number of nitrogens with zero attached hydrogens (tertiary/aromatic N) is 1. The van der Waals surface area contributed by atoms with Gasteiger partial charge in [0.15, 0.2) is 0 Å². The van der Waals surface area contributed by atoms with E-state index in [0.29, 0.717) is 32.1 Å². The lowest BCUT2D eigenvalue weighted by atomic mass is 9.96. The third-order valence-corrected chi connectivity index (χ3v) is 4.24. The minimum absolute atomic E-state index is 0.212. The van der Waals surface area contributed by atoms with Crippen molar-refractivity contribution in [1.82, 2.24) is 10.2 Å². The molecule has 0 aromatic carbocycles. The number of ether oxygens (including phenoxy) is 2. The highest BCUT2D eigenvalue weighted by molar-refractivity contribution is 5.68. The van der Waals surface area contributed by atoms with Crippen LogP contribution in [0.5, 0.6) is 0 Å². The summed E-state index contributed by atoms with van der Waals surface area (Å²) in [6, 6.07) is 0. The predicted octanol–water partition coefficient (Wildman–Crippen LogP) is 1.37. The minimum atomic E-state index is -0.697. The van der Waals surface area contributed by atoms with Crippen LogP contribution in [-0.4, -0.2) is 66.7 Å². The first-order chi connectivity index (χ1) is 10.3. The topological polar surface area (TPSA) is 71.0 Å². The fourth-order valence-electron chi connectivity index (χ4n) is 2.89. The van der Waals surface area contributed by atoms with Crippen molar-refractivity contribution < 1.29 is 19.4 Å². The zero-order valence-electron chi connectivity index (χ0n) is 14.1. The largest absolute Gasteiger partial charge is 0.444 e. The summed E-state index contributed by atoms with van der Waals surface area (Å²) in [5.41, 5.74) is -1.13. The molecule has 128 valence electrons. The summed E-state index contributed by atoms with van der Waals surface area (Å²) in [7, 11) is 0. The second-order valence-electron chi connectivity index (χ2n) is 7.57. The van der Waals surface area contributed by atoms with E-state index in [2.05, 4.69) is 5.32 Å². The van der Waals surface area contributed by atoms with Crippen molar-refractivity contribution in [1.29, 1.82) is 0 Å². The molecule has 0 bridgehead atoms. The molecule has 0 radical (unpaired) electrons. The van der Waals surface area contributed by atoms with Gasteiger partial charge in [0.2, 0.25) is 0 Å². The first-order valence-electron chi connectivity index (χ1n) is 8.26. The van der Waals surface area contributed by atoms with Crippen LogP contribution in [0, 0.1) is 5.92 Å². The Balaban J connectivity index is 1.63. The number of hydrogen-bond acceptors (Lipinski definition) is 5. The second-order valence-corrected chi connectivity index (χ2v) is 7.57. The fourth-order valence-corrected chi connectivity index (χ4v) is 2.89. The van der Waals surface area contributed by atoms with Crippen molar-refractivity contribution in [3.8, 4) is 0 Å². The van der Waals surface area contributed by atoms with Gasteiger partial charge in [-0.3, -0.25) is 0 Å². The lowest BCUT2D eigenvalue weighted by Gasteiger charge is -2.34. The number of aliphatic hydroxyl groups is 1. The molecular weight excluding hydrogens is 284 g/mol. The highest BCUT2D eigenvalue weighted by Crippen LogP contribution is 2.20. The van der Waals surface area contributed by atoms with Crippen LogP contribution < -0.4 is 5.32 Å². The Bertz CT molecular complexity index is 367. The molecule has 2 saturated heterocycles. The zero-order valence-corrected chi connectivity index (χ0v) is 14.1. The SMILES string of the molecule is CC(C)(C)OC(=O)N1CCC(CNCC2(O)CCOC2)CC1. The number of nitrogens with one attached hydrogen (secondary N) is 1. The van der Waals surface area contributed by atoms with Crippen LogP contribution in [0.1, 0.15) is 40.0 Å². The van der Waals surface area contributed by atoms with Gasteiger partial charge in [-0.25, -0.2) is 4.79 Å².